The highest BCUT2D eigenvalue weighted by Gasteiger charge is 2.30. The molecule has 0 saturated heterocycles. The highest BCUT2D eigenvalue weighted by atomic mass is 19.4. The molecule has 2 aromatic rings. The van der Waals surface area contributed by atoms with Crippen molar-refractivity contribution >= 4 is 17.4 Å². The summed E-state index contributed by atoms with van der Waals surface area (Å²) in [6.07, 6.45) is -4.47. The van der Waals surface area contributed by atoms with Gasteiger partial charge in [0.1, 0.15) is 5.56 Å². The number of anilines is 2. The van der Waals surface area contributed by atoms with Crippen LogP contribution in [0, 0.1) is 6.92 Å². The number of hydrogen-bond donors (Lipinski definition) is 3. The third kappa shape index (κ3) is 2.73. The number of aryl methyl sites for hydroxylation is 1. The van der Waals surface area contributed by atoms with Crippen LogP contribution in [0.25, 0.3) is 0 Å². The molecule has 2 rings (SSSR count). The van der Waals surface area contributed by atoms with E-state index in [1.165, 1.54) is 12.1 Å². The minimum Gasteiger partial charge on any atom is -0.382 e. The number of nitrogen functional groups attached to an aromatic ring is 1. The highest BCUT2D eigenvalue weighted by molar-refractivity contribution is 6.08. The van der Waals surface area contributed by atoms with Crippen LogP contribution in [0.1, 0.15) is 21.6 Å². The normalized spacial score (nSPS) is 11.4. The van der Waals surface area contributed by atoms with Crippen molar-refractivity contribution in [2.24, 2.45) is 0 Å². The number of benzene rings is 1. The van der Waals surface area contributed by atoms with E-state index in [1.807, 2.05) is 0 Å². The van der Waals surface area contributed by atoms with Gasteiger partial charge in [-0.25, -0.2) is 0 Å². The third-order valence-corrected chi connectivity index (χ3v) is 2.65. The Morgan fingerprint density at radius 2 is 2.10 bits per heavy atom. The number of H-pyrrole nitrogens is 1. The van der Waals surface area contributed by atoms with E-state index in [4.69, 9.17) is 5.73 Å². The lowest BCUT2D eigenvalue weighted by molar-refractivity contribution is -0.137. The number of carbonyl (C=O) groups is 1. The SMILES string of the molecule is Cc1[nH]nc(N)c1C(=O)Nc1cccc(C(F)(F)F)c1. The van der Waals surface area contributed by atoms with Gasteiger partial charge in [0, 0.05) is 11.4 Å². The van der Waals surface area contributed by atoms with Gasteiger partial charge in [-0.3, -0.25) is 9.89 Å². The third-order valence-electron chi connectivity index (χ3n) is 2.65. The van der Waals surface area contributed by atoms with E-state index in [2.05, 4.69) is 15.5 Å². The maximum Gasteiger partial charge on any atom is 0.416 e. The van der Waals surface area contributed by atoms with Crippen LogP contribution in [0.2, 0.25) is 0 Å². The molecular formula is C12H11F3N4O. The fourth-order valence-electron chi connectivity index (χ4n) is 1.70. The molecule has 0 atom stereocenters. The average Bonchev–Trinajstić information content (AvgIpc) is 2.68. The molecule has 106 valence electrons. The van der Waals surface area contributed by atoms with Gasteiger partial charge in [-0.05, 0) is 25.1 Å². The first-order valence-electron chi connectivity index (χ1n) is 5.58. The topological polar surface area (TPSA) is 83.8 Å². The molecule has 4 N–H and O–H groups in total. The van der Waals surface area contributed by atoms with Crippen molar-refractivity contribution in [3.05, 3.63) is 41.1 Å². The average molecular weight is 284 g/mol. The Kier molecular flexibility index (Phi) is 3.39. The number of aromatic amines is 1. The summed E-state index contributed by atoms with van der Waals surface area (Å²) in [6, 6.07) is 4.35. The van der Waals surface area contributed by atoms with E-state index in [0.29, 0.717) is 5.69 Å². The Morgan fingerprint density at radius 3 is 2.65 bits per heavy atom. The predicted molar refractivity (Wildman–Crippen MR) is 67.1 cm³/mol. The van der Waals surface area contributed by atoms with Crippen molar-refractivity contribution in [1.82, 2.24) is 10.2 Å². The molecule has 0 aliphatic carbocycles. The van der Waals surface area contributed by atoms with Crippen LogP contribution in [0.3, 0.4) is 0 Å². The van der Waals surface area contributed by atoms with Crippen LogP contribution in [0.4, 0.5) is 24.7 Å². The quantitative estimate of drug-likeness (QED) is 0.792. The summed E-state index contributed by atoms with van der Waals surface area (Å²) < 4.78 is 37.7. The van der Waals surface area contributed by atoms with Gasteiger partial charge in [0.05, 0.1) is 5.56 Å². The molecule has 0 radical (unpaired) electrons. The molecule has 20 heavy (non-hydrogen) atoms. The van der Waals surface area contributed by atoms with Crippen LogP contribution < -0.4 is 11.1 Å². The van der Waals surface area contributed by atoms with Crippen molar-refractivity contribution in [3.8, 4) is 0 Å². The second-order valence-electron chi connectivity index (χ2n) is 4.14. The smallest absolute Gasteiger partial charge is 0.382 e. The summed E-state index contributed by atoms with van der Waals surface area (Å²) >= 11 is 0. The van der Waals surface area contributed by atoms with Crippen molar-refractivity contribution in [1.29, 1.82) is 0 Å². The second kappa shape index (κ2) is 4.87. The number of carbonyl (C=O) groups excluding carboxylic acids is 1. The van der Waals surface area contributed by atoms with Gasteiger partial charge in [0.2, 0.25) is 0 Å². The van der Waals surface area contributed by atoms with Gasteiger partial charge in [0.15, 0.2) is 5.82 Å². The molecule has 0 bridgehead atoms. The summed E-state index contributed by atoms with van der Waals surface area (Å²) in [5.74, 6) is -0.625. The fourth-order valence-corrected chi connectivity index (χ4v) is 1.70. The highest BCUT2D eigenvalue weighted by Crippen LogP contribution is 2.30. The number of nitrogens with two attached hydrogens (primary N) is 1. The first kappa shape index (κ1) is 13.9. The first-order valence-corrected chi connectivity index (χ1v) is 5.58. The van der Waals surface area contributed by atoms with Gasteiger partial charge in [0.25, 0.3) is 5.91 Å². The molecule has 1 aromatic heterocycles. The monoisotopic (exact) mass is 284 g/mol. The number of hydrogen-bond acceptors (Lipinski definition) is 3. The Hall–Kier alpha value is -2.51. The Bertz CT molecular complexity index is 629. The summed E-state index contributed by atoms with van der Waals surface area (Å²) in [7, 11) is 0. The van der Waals surface area contributed by atoms with E-state index in [1.54, 1.807) is 6.92 Å². The predicted octanol–water partition coefficient (Wildman–Crippen LogP) is 2.57. The summed E-state index contributed by atoms with van der Waals surface area (Å²) in [5, 5.41) is 8.53. The zero-order valence-electron chi connectivity index (χ0n) is 10.4. The van der Waals surface area contributed by atoms with Crippen LogP contribution in [0.15, 0.2) is 24.3 Å². The van der Waals surface area contributed by atoms with Crippen LogP contribution in [-0.2, 0) is 6.18 Å². The first-order chi connectivity index (χ1) is 9.29. The van der Waals surface area contributed by atoms with Gasteiger partial charge in [-0.1, -0.05) is 6.07 Å². The maximum absolute atomic E-state index is 12.6. The largest absolute Gasteiger partial charge is 0.416 e. The Balaban J connectivity index is 2.25. The van der Waals surface area contributed by atoms with Crippen molar-refractivity contribution < 1.29 is 18.0 Å². The van der Waals surface area contributed by atoms with Crippen LogP contribution in [0.5, 0.6) is 0 Å². The maximum atomic E-state index is 12.6. The van der Waals surface area contributed by atoms with Crippen molar-refractivity contribution in [3.63, 3.8) is 0 Å². The lowest BCUT2D eigenvalue weighted by Crippen LogP contribution is -2.15. The van der Waals surface area contributed by atoms with Crippen molar-refractivity contribution in [2.45, 2.75) is 13.1 Å². The van der Waals surface area contributed by atoms with E-state index < -0.39 is 17.6 Å². The van der Waals surface area contributed by atoms with Crippen LogP contribution >= 0.6 is 0 Å². The fraction of sp³-hybridized carbons (Fsp3) is 0.167. The van der Waals surface area contributed by atoms with E-state index >= 15 is 0 Å². The molecule has 1 heterocycles. The zero-order valence-corrected chi connectivity index (χ0v) is 10.4. The number of rotatable bonds is 2. The minimum absolute atomic E-state index is 0.00743. The number of halogens is 3. The molecule has 8 heteroatoms. The summed E-state index contributed by atoms with van der Waals surface area (Å²) in [5.41, 5.74) is 5.25. The van der Waals surface area contributed by atoms with E-state index in [0.717, 1.165) is 12.1 Å². The zero-order chi connectivity index (χ0) is 14.9. The lowest BCUT2D eigenvalue weighted by atomic mass is 10.1. The molecule has 1 aromatic carbocycles. The minimum atomic E-state index is -4.47. The lowest BCUT2D eigenvalue weighted by Gasteiger charge is -2.09. The van der Waals surface area contributed by atoms with Gasteiger partial charge >= 0.3 is 6.18 Å². The van der Waals surface area contributed by atoms with Crippen molar-refractivity contribution in [2.75, 3.05) is 11.1 Å². The second-order valence-corrected chi connectivity index (χ2v) is 4.14. The standard InChI is InChI=1S/C12H11F3N4O/c1-6-9(10(16)19-18-6)11(20)17-8-4-2-3-7(5-8)12(13,14)15/h2-5H,1H3,(H,17,20)(H3,16,18,19). The van der Waals surface area contributed by atoms with E-state index in [-0.39, 0.29) is 17.1 Å². The van der Waals surface area contributed by atoms with E-state index in [9.17, 15) is 18.0 Å². The van der Waals surface area contributed by atoms with Gasteiger partial charge < -0.3 is 11.1 Å². The molecule has 5 nitrogen and oxygen atoms in total. The summed E-state index contributed by atoms with van der Waals surface area (Å²) in [4.78, 5) is 11.9. The molecule has 1 amide bonds. The molecule has 0 fully saturated rings. The number of amides is 1. The number of alkyl halides is 3. The molecule has 0 aliphatic heterocycles. The Morgan fingerprint density at radius 1 is 1.40 bits per heavy atom. The number of nitrogens with one attached hydrogen (secondary N) is 2. The Labute approximate surface area is 112 Å². The van der Waals surface area contributed by atoms with Gasteiger partial charge in [-0.15, -0.1) is 0 Å². The van der Waals surface area contributed by atoms with Crippen LogP contribution in [-0.4, -0.2) is 16.1 Å². The molecule has 0 aliphatic rings. The molecule has 0 unspecified atom stereocenters. The molecule has 0 saturated carbocycles. The molecular weight excluding hydrogens is 273 g/mol. The molecule has 0 spiro atoms. The number of aromatic nitrogens is 2. The van der Waals surface area contributed by atoms with Gasteiger partial charge in [-0.2, -0.15) is 18.3 Å². The summed E-state index contributed by atoms with van der Waals surface area (Å²) in [6.45, 7) is 1.59. The number of nitrogens with zero attached hydrogens (tertiary/aromatic N) is 1.